The SMILES string of the molecule is CN=C(NCc1ccc(N(C)C)c(F)c1)N1CCC(N2CCOCC2)C1.I. The van der Waals surface area contributed by atoms with Crippen LogP contribution in [0.3, 0.4) is 0 Å². The van der Waals surface area contributed by atoms with E-state index in [4.69, 9.17) is 4.74 Å². The fourth-order valence-electron chi connectivity index (χ4n) is 3.71. The normalized spacial score (nSPS) is 21.1. The molecule has 0 saturated carbocycles. The smallest absolute Gasteiger partial charge is 0.193 e. The first kappa shape index (κ1) is 22.2. The van der Waals surface area contributed by atoms with Gasteiger partial charge in [0.1, 0.15) is 5.82 Å². The lowest BCUT2D eigenvalue weighted by Gasteiger charge is -2.32. The van der Waals surface area contributed by atoms with Gasteiger partial charge in [-0.2, -0.15) is 0 Å². The number of morpholine rings is 1. The zero-order valence-electron chi connectivity index (χ0n) is 16.4. The van der Waals surface area contributed by atoms with E-state index in [1.54, 1.807) is 18.0 Å². The molecule has 0 bridgehead atoms. The van der Waals surface area contributed by atoms with E-state index < -0.39 is 0 Å². The number of hydrogen-bond acceptors (Lipinski definition) is 4. The maximum Gasteiger partial charge on any atom is 0.193 e. The van der Waals surface area contributed by atoms with Crippen molar-refractivity contribution in [1.29, 1.82) is 0 Å². The van der Waals surface area contributed by atoms with Gasteiger partial charge in [-0.15, -0.1) is 24.0 Å². The molecule has 2 aliphatic rings. The highest BCUT2D eigenvalue weighted by atomic mass is 127. The topological polar surface area (TPSA) is 43.3 Å². The average Bonchev–Trinajstić information content (AvgIpc) is 3.13. The number of benzene rings is 1. The van der Waals surface area contributed by atoms with E-state index in [-0.39, 0.29) is 29.8 Å². The van der Waals surface area contributed by atoms with Crippen LogP contribution < -0.4 is 10.2 Å². The Bertz CT molecular complexity index is 637. The zero-order chi connectivity index (χ0) is 18.5. The third-order valence-electron chi connectivity index (χ3n) is 5.18. The molecule has 0 aromatic heterocycles. The van der Waals surface area contributed by atoms with Crippen molar-refractivity contribution in [2.75, 3.05) is 65.4 Å². The highest BCUT2D eigenvalue weighted by molar-refractivity contribution is 14.0. The quantitative estimate of drug-likeness (QED) is 0.397. The van der Waals surface area contributed by atoms with Crippen LogP contribution in [0, 0.1) is 5.82 Å². The maximum atomic E-state index is 14.1. The molecule has 8 heteroatoms. The summed E-state index contributed by atoms with van der Waals surface area (Å²) in [6.07, 6.45) is 1.15. The summed E-state index contributed by atoms with van der Waals surface area (Å²) in [5.41, 5.74) is 1.52. The standard InChI is InChI=1S/C19H30FN5O.HI/c1-21-19(22-13-15-4-5-18(23(2)3)17(20)12-15)25-7-6-16(14-25)24-8-10-26-11-9-24;/h4-5,12,16H,6-11,13-14H2,1-3H3,(H,21,22);1H. The maximum absolute atomic E-state index is 14.1. The largest absolute Gasteiger partial charge is 0.379 e. The molecule has 2 aliphatic heterocycles. The van der Waals surface area contributed by atoms with E-state index in [9.17, 15) is 4.39 Å². The number of anilines is 1. The van der Waals surface area contributed by atoms with E-state index in [1.807, 2.05) is 26.2 Å². The lowest BCUT2D eigenvalue weighted by atomic mass is 10.2. The van der Waals surface area contributed by atoms with Gasteiger partial charge in [-0.3, -0.25) is 9.89 Å². The summed E-state index contributed by atoms with van der Waals surface area (Å²) in [6, 6.07) is 5.93. The van der Waals surface area contributed by atoms with Gasteiger partial charge in [0.05, 0.1) is 18.9 Å². The van der Waals surface area contributed by atoms with Crippen molar-refractivity contribution < 1.29 is 9.13 Å². The van der Waals surface area contributed by atoms with Gasteiger partial charge < -0.3 is 19.9 Å². The van der Waals surface area contributed by atoms with E-state index in [1.165, 1.54) is 0 Å². The lowest BCUT2D eigenvalue weighted by molar-refractivity contribution is 0.0195. The van der Waals surface area contributed by atoms with Crippen molar-refractivity contribution in [3.05, 3.63) is 29.6 Å². The first-order valence-electron chi connectivity index (χ1n) is 9.31. The van der Waals surface area contributed by atoms with Crippen molar-refractivity contribution in [2.45, 2.75) is 19.0 Å². The van der Waals surface area contributed by atoms with E-state index in [0.717, 1.165) is 57.3 Å². The van der Waals surface area contributed by atoms with Crippen LogP contribution in [0.2, 0.25) is 0 Å². The molecule has 1 aromatic rings. The van der Waals surface area contributed by atoms with Crippen molar-refractivity contribution in [3.63, 3.8) is 0 Å². The molecule has 152 valence electrons. The minimum atomic E-state index is -0.196. The Morgan fingerprint density at radius 1 is 1.30 bits per heavy atom. The molecular weight excluding hydrogens is 460 g/mol. The van der Waals surface area contributed by atoms with Crippen LogP contribution in [0.1, 0.15) is 12.0 Å². The Morgan fingerprint density at radius 2 is 2.04 bits per heavy atom. The van der Waals surface area contributed by atoms with Gasteiger partial charge in [-0.05, 0) is 24.1 Å². The number of ether oxygens (including phenoxy) is 1. The van der Waals surface area contributed by atoms with Crippen LogP contribution in [-0.4, -0.2) is 82.3 Å². The molecule has 1 aromatic carbocycles. The van der Waals surface area contributed by atoms with Crippen LogP contribution in [0.5, 0.6) is 0 Å². The molecule has 6 nitrogen and oxygen atoms in total. The number of aliphatic imine (C=N–C) groups is 1. The monoisotopic (exact) mass is 491 g/mol. The second-order valence-electron chi connectivity index (χ2n) is 7.12. The highest BCUT2D eigenvalue weighted by Gasteiger charge is 2.30. The highest BCUT2D eigenvalue weighted by Crippen LogP contribution is 2.19. The summed E-state index contributed by atoms with van der Waals surface area (Å²) in [5, 5.41) is 3.38. The number of nitrogens with one attached hydrogen (secondary N) is 1. The molecule has 0 radical (unpaired) electrons. The molecule has 27 heavy (non-hydrogen) atoms. The van der Waals surface area contributed by atoms with Gasteiger partial charge in [0, 0.05) is 59.9 Å². The predicted octanol–water partition coefficient (Wildman–Crippen LogP) is 1.99. The van der Waals surface area contributed by atoms with Gasteiger partial charge in [0.15, 0.2) is 5.96 Å². The van der Waals surface area contributed by atoms with Gasteiger partial charge in [0.2, 0.25) is 0 Å². The minimum absolute atomic E-state index is 0. The number of nitrogens with zero attached hydrogens (tertiary/aromatic N) is 4. The fraction of sp³-hybridized carbons (Fsp3) is 0.632. The third kappa shape index (κ3) is 5.68. The van der Waals surface area contributed by atoms with Crippen LogP contribution in [0.25, 0.3) is 0 Å². The summed E-state index contributed by atoms with van der Waals surface area (Å²) in [4.78, 5) is 11.0. The van der Waals surface area contributed by atoms with Crippen LogP contribution >= 0.6 is 24.0 Å². The molecule has 0 spiro atoms. The molecule has 3 rings (SSSR count). The molecule has 1 atom stereocenters. The minimum Gasteiger partial charge on any atom is -0.379 e. The number of rotatable bonds is 4. The number of likely N-dealkylation sites (tertiary alicyclic amines) is 1. The Morgan fingerprint density at radius 3 is 2.67 bits per heavy atom. The summed E-state index contributed by atoms with van der Waals surface area (Å²) in [5.74, 6) is 0.690. The average molecular weight is 491 g/mol. The first-order valence-corrected chi connectivity index (χ1v) is 9.31. The second-order valence-corrected chi connectivity index (χ2v) is 7.12. The first-order chi connectivity index (χ1) is 12.6. The Balaban J connectivity index is 0.00000261. The summed E-state index contributed by atoms with van der Waals surface area (Å²) < 4.78 is 19.6. The van der Waals surface area contributed by atoms with Crippen LogP contribution in [0.4, 0.5) is 10.1 Å². The van der Waals surface area contributed by atoms with Crippen molar-refractivity contribution in [2.24, 2.45) is 4.99 Å². The predicted molar refractivity (Wildman–Crippen MR) is 119 cm³/mol. The van der Waals surface area contributed by atoms with Gasteiger partial charge in [0.25, 0.3) is 0 Å². The van der Waals surface area contributed by atoms with Gasteiger partial charge in [-0.25, -0.2) is 4.39 Å². The molecule has 1 unspecified atom stereocenters. The second kappa shape index (κ2) is 10.4. The molecule has 2 heterocycles. The zero-order valence-corrected chi connectivity index (χ0v) is 18.8. The van der Waals surface area contributed by atoms with Crippen molar-refractivity contribution >= 4 is 35.6 Å². The number of hydrogen-bond donors (Lipinski definition) is 1. The molecule has 2 fully saturated rings. The molecule has 0 aliphatic carbocycles. The molecule has 0 amide bonds. The summed E-state index contributed by atoms with van der Waals surface area (Å²) in [6.45, 7) is 6.24. The fourth-order valence-corrected chi connectivity index (χ4v) is 3.71. The summed E-state index contributed by atoms with van der Waals surface area (Å²) in [7, 11) is 5.49. The Labute approximate surface area is 178 Å². The van der Waals surface area contributed by atoms with Crippen molar-refractivity contribution in [1.82, 2.24) is 15.1 Å². The molecule has 2 saturated heterocycles. The number of halogens is 2. The van der Waals surface area contributed by atoms with E-state index in [0.29, 0.717) is 18.3 Å². The lowest BCUT2D eigenvalue weighted by Crippen LogP contribution is -2.46. The van der Waals surface area contributed by atoms with Crippen molar-refractivity contribution in [3.8, 4) is 0 Å². The Hall–Kier alpha value is -1.13. The summed E-state index contributed by atoms with van der Waals surface area (Å²) >= 11 is 0. The molecule has 1 N–H and O–H groups in total. The molecular formula is C19H31FIN5O. The van der Waals surface area contributed by atoms with Crippen LogP contribution in [0.15, 0.2) is 23.2 Å². The number of guanidine groups is 1. The van der Waals surface area contributed by atoms with Gasteiger partial charge in [-0.1, -0.05) is 6.07 Å². The van der Waals surface area contributed by atoms with E-state index >= 15 is 0 Å². The third-order valence-corrected chi connectivity index (χ3v) is 5.18. The van der Waals surface area contributed by atoms with Gasteiger partial charge >= 0.3 is 0 Å². The van der Waals surface area contributed by atoms with E-state index in [2.05, 4.69) is 20.1 Å². The Kier molecular flexibility index (Phi) is 8.56. The van der Waals surface area contributed by atoms with Crippen LogP contribution in [-0.2, 0) is 11.3 Å².